The Morgan fingerprint density at radius 2 is 2.00 bits per heavy atom. The summed E-state index contributed by atoms with van der Waals surface area (Å²) in [5, 5.41) is 0.849. The van der Waals surface area contributed by atoms with E-state index in [1.165, 1.54) is 0 Å². The van der Waals surface area contributed by atoms with Gasteiger partial charge in [0, 0.05) is 23.7 Å². The highest BCUT2D eigenvalue weighted by molar-refractivity contribution is 8.01. The first-order valence-corrected chi connectivity index (χ1v) is 11.4. The van der Waals surface area contributed by atoms with Gasteiger partial charge >= 0.3 is 0 Å². The molecule has 0 spiro atoms. The molecule has 1 fully saturated rings. The van der Waals surface area contributed by atoms with Gasteiger partial charge in [-0.25, -0.2) is 4.98 Å². The van der Waals surface area contributed by atoms with Crippen LogP contribution in [0.2, 0.25) is 0 Å². The monoisotopic (exact) mass is 438 g/mol. The second-order valence-corrected chi connectivity index (χ2v) is 9.68. The third-order valence-electron chi connectivity index (χ3n) is 4.91. The quantitative estimate of drug-likeness (QED) is 0.457. The predicted octanol–water partition coefficient (Wildman–Crippen LogP) is 0.517. The summed E-state index contributed by atoms with van der Waals surface area (Å²) in [6.07, 6.45) is 6.70. The summed E-state index contributed by atoms with van der Waals surface area (Å²) in [5.41, 5.74) is 6.53. The van der Waals surface area contributed by atoms with Crippen LogP contribution in [0.15, 0.2) is 28.6 Å². The molecule has 4 nitrogen and oxygen atoms in total. The summed E-state index contributed by atoms with van der Waals surface area (Å²) in [7, 11) is 0. The molecule has 1 aromatic heterocycles. The van der Waals surface area contributed by atoms with E-state index in [9.17, 15) is 9.59 Å². The highest BCUT2D eigenvalue weighted by Crippen LogP contribution is 2.30. The molecule has 0 unspecified atom stereocenters. The summed E-state index contributed by atoms with van der Waals surface area (Å²) in [4.78, 5) is 29.9. The van der Waals surface area contributed by atoms with E-state index in [2.05, 4.69) is 10.7 Å². The Bertz CT molecular complexity index is 816. The fourth-order valence-electron chi connectivity index (χ4n) is 3.54. The highest BCUT2D eigenvalue weighted by atomic mass is 35.5. The van der Waals surface area contributed by atoms with Crippen molar-refractivity contribution in [1.82, 2.24) is 4.98 Å². The number of halogens is 1. The molecule has 1 aliphatic rings. The van der Waals surface area contributed by atoms with Crippen LogP contribution in [0.25, 0.3) is 0 Å². The Hall–Kier alpha value is -1.21. The van der Waals surface area contributed by atoms with Gasteiger partial charge in [0.25, 0.3) is 0 Å². The maximum absolute atomic E-state index is 12.9. The molecule has 7 heteroatoms. The number of aromatic nitrogens is 1. The smallest absolute Gasteiger partial charge is 0.166 e. The van der Waals surface area contributed by atoms with Crippen LogP contribution in [0.3, 0.4) is 0 Å². The van der Waals surface area contributed by atoms with Crippen molar-refractivity contribution in [1.29, 1.82) is 0 Å². The fourth-order valence-corrected chi connectivity index (χ4v) is 5.46. The van der Waals surface area contributed by atoms with Gasteiger partial charge in [0.1, 0.15) is 10.8 Å². The average molecular weight is 439 g/mol. The Balaban J connectivity index is 0.00000280. The molecule has 28 heavy (non-hydrogen) atoms. The Kier molecular flexibility index (Phi) is 9.15. The van der Waals surface area contributed by atoms with E-state index in [1.54, 1.807) is 23.1 Å². The predicted molar refractivity (Wildman–Crippen MR) is 110 cm³/mol. The van der Waals surface area contributed by atoms with Gasteiger partial charge in [0.2, 0.25) is 0 Å². The van der Waals surface area contributed by atoms with Gasteiger partial charge < -0.3 is 18.1 Å². The number of hydrogen-bond acceptors (Lipinski definition) is 5. The standard InChI is InChI=1S/C21H26N2O2S2.ClH/c1-14-6-7-16(18(10-14)21(25)15-4-2-3-5-15)11-17(24)12-19-23-13-20(27-19)26-9-8-22;/h6-7,10,13,15H,2-5,8-9,11-12,22H2,1H3;1H. The molecule has 0 aliphatic heterocycles. The number of nitrogens with zero attached hydrogens (tertiary/aromatic N) is 1. The summed E-state index contributed by atoms with van der Waals surface area (Å²) < 4.78 is 1.13. The number of hydrogen-bond donors (Lipinski definition) is 1. The van der Waals surface area contributed by atoms with Gasteiger partial charge in [0.05, 0.1) is 23.4 Å². The van der Waals surface area contributed by atoms with Crippen LogP contribution in [-0.2, 0) is 17.6 Å². The van der Waals surface area contributed by atoms with E-state index >= 15 is 0 Å². The molecule has 3 N–H and O–H groups in total. The minimum atomic E-state index is 0. The molecule has 1 heterocycles. The van der Waals surface area contributed by atoms with Crippen LogP contribution in [0.1, 0.15) is 52.2 Å². The summed E-state index contributed by atoms with van der Waals surface area (Å²) >= 11 is 3.31. The first kappa shape index (κ1) is 23.1. The van der Waals surface area contributed by atoms with Gasteiger partial charge in [-0.3, -0.25) is 9.59 Å². The van der Waals surface area contributed by atoms with Gasteiger partial charge in [-0.05, 0) is 31.4 Å². The molecule has 0 atom stereocenters. The van der Waals surface area contributed by atoms with E-state index in [0.29, 0.717) is 12.8 Å². The van der Waals surface area contributed by atoms with E-state index in [0.717, 1.165) is 63.9 Å². The highest BCUT2D eigenvalue weighted by Gasteiger charge is 2.26. The van der Waals surface area contributed by atoms with Crippen molar-refractivity contribution in [3.8, 4) is 0 Å². The number of thiazole rings is 1. The van der Waals surface area contributed by atoms with Crippen LogP contribution >= 0.6 is 23.1 Å². The van der Waals surface area contributed by atoms with Gasteiger partial charge in [-0.2, -0.15) is 0 Å². The maximum Gasteiger partial charge on any atom is 0.166 e. The van der Waals surface area contributed by atoms with E-state index < -0.39 is 0 Å². The lowest BCUT2D eigenvalue weighted by atomic mass is 9.90. The molecule has 3 rings (SSSR count). The van der Waals surface area contributed by atoms with E-state index in [1.807, 2.05) is 31.3 Å². The third-order valence-corrected chi connectivity index (χ3v) is 7.19. The second-order valence-electron chi connectivity index (χ2n) is 7.17. The van der Waals surface area contributed by atoms with Gasteiger partial charge in [-0.1, -0.05) is 30.5 Å². The number of ketones is 2. The van der Waals surface area contributed by atoms with Crippen molar-refractivity contribution in [3.63, 3.8) is 0 Å². The van der Waals surface area contributed by atoms with Crippen LogP contribution < -0.4 is 18.1 Å². The zero-order valence-corrected chi connectivity index (χ0v) is 18.6. The number of benzene rings is 1. The van der Waals surface area contributed by atoms with Crippen molar-refractivity contribution in [2.75, 3.05) is 12.3 Å². The number of carbonyl (C=O) groups excluding carboxylic acids is 2. The minimum absolute atomic E-state index is 0. The molecule has 0 saturated heterocycles. The van der Waals surface area contributed by atoms with Crippen molar-refractivity contribution in [2.24, 2.45) is 5.92 Å². The number of carbonyl (C=O) groups is 2. The number of Topliss-reactive ketones (excluding diaryl/α,β-unsaturated/α-hetero) is 2. The third kappa shape index (κ3) is 6.14. The van der Waals surface area contributed by atoms with Gasteiger partial charge in [0.15, 0.2) is 5.78 Å². The number of quaternary nitrogens is 1. The van der Waals surface area contributed by atoms with Crippen LogP contribution in [0.5, 0.6) is 0 Å². The van der Waals surface area contributed by atoms with Crippen LogP contribution in [0.4, 0.5) is 0 Å². The largest absolute Gasteiger partial charge is 1.00 e. The molecule has 0 radical (unpaired) electrons. The van der Waals surface area contributed by atoms with E-state index in [4.69, 9.17) is 0 Å². The maximum atomic E-state index is 12.9. The molecule has 2 aromatic rings. The lowest BCUT2D eigenvalue weighted by Gasteiger charge is -2.13. The average Bonchev–Trinajstić information content (AvgIpc) is 3.33. The topological polar surface area (TPSA) is 74.7 Å². The number of aryl methyl sites for hydroxylation is 1. The van der Waals surface area contributed by atoms with Crippen LogP contribution in [0, 0.1) is 12.8 Å². The molecule has 1 saturated carbocycles. The fraction of sp³-hybridized carbons (Fsp3) is 0.476. The lowest BCUT2D eigenvalue weighted by Crippen LogP contribution is -3.00. The summed E-state index contributed by atoms with van der Waals surface area (Å²) in [6.45, 7) is 2.87. The lowest BCUT2D eigenvalue weighted by molar-refractivity contribution is -0.360. The number of rotatable bonds is 9. The summed E-state index contributed by atoms with van der Waals surface area (Å²) in [6, 6.07) is 5.90. The van der Waals surface area contributed by atoms with E-state index in [-0.39, 0.29) is 29.9 Å². The zero-order chi connectivity index (χ0) is 19.2. The normalized spacial score (nSPS) is 14.1. The first-order valence-electron chi connectivity index (χ1n) is 9.59. The Labute approximate surface area is 181 Å². The van der Waals surface area contributed by atoms with Crippen molar-refractivity contribution in [3.05, 3.63) is 46.1 Å². The van der Waals surface area contributed by atoms with Crippen molar-refractivity contribution in [2.45, 2.75) is 49.7 Å². The van der Waals surface area contributed by atoms with Crippen LogP contribution in [-0.4, -0.2) is 28.8 Å². The first-order chi connectivity index (χ1) is 13.1. The second kappa shape index (κ2) is 11.1. The molecular formula is C21H27ClN2O2S2. The van der Waals surface area contributed by atoms with Crippen molar-refractivity contribution < 1.29 is 27.7 Å². The molecule has 0 amide bonds. The molecule has 1 aromatic carbocycles. The number of thioether (sulfide) groups is 1. The molecule has 1 aliphatic carbocycles. The molecule has 0 bridgehead atoms. The SMILES string of the molecule is Cc1ccc(CC(=O)Cc2ncc(SCC[NH3+])s2)c(C(=O)C2CCCC2)c1.[Cl-]. The molecular weight excluding hydrogens is 412 g/mol. The Morgan fingerprint density at radius 3 is 2.71 bits per heavy atom. The Morgan fingerprint density at radius 1 is 1.25 bits per heavy atom. The zero-order valence-electron chi connectivity index (χ0n) is 16.2. The van der Waals surface area contributed by atoms with Crippen molar-refractivity contribution >= 4 is 34.7 Å². The minimum Gasteiger partial charge on any atom is -1.00 e. The van der Waals surface area contributed by atoms with Gasteiger partial charge in [-0.15, -0.1) is 23.1 Å². The molecule has 152 valence electrons. The summed E-state index contributed by atoms with van der Waals surface area (Å²) in [5.74, 6) is 1.43.